The highest BCUT2D eigenvalue weighted by atomic mass is 15.1. The zero-order valence-electron chi connectivity index (χ0n) is 9.68. The van der Waals surface area contributed by atoms with Gasteiger partial charge in [0.05, 0.1) is 11.3 Å². The highest BCUT2D eigenvalue weighted by Gasteiger charge is 2.05. The smallest absolute Gasteiger partial charge is 0.228 e. The highest BCUT2D eigenvalue weighted by Crippen LogP contribution is 2.17. The van der Waals surface area contributed by atoms with Gasteiger partial charge in [0.25, 0.3) is 0 Å². The second kappa shape index (κ2) is 4.94. The van der Waals surface area contributed by atoms with Crippen LogP contribution in [0.25, 0.3) is 0 Å². The Morgan fingerprint density at radius 2 is 1.89 bits per heavy atom. The number of rotatable bonds is 2. The molecule has 1 aromatic carbocycles. The number of para-hydroxylation sites is 1. The highest BCUT2D eigenvalue weighted by molar-refractivity contribution is 5.62. The summed E-state index contributed by atoms with van der Waals surface area (Å²) in [5.41, 5.74) is 2.11. The van der Waals surface area contributed by atoms with Gasteiger partial charge in [0.2, 0.25) is 5.95 Å². The minimum absolute atomic E-state index is 0.291. The van der Waals surface area contributed by atoms with Crippen molar-refractivity contribution in [1.82, 2.24) is 9.97 Å². The van der Waals surface area contributed by atoms with Gasteiger partial charge in [0.1, 0.15) is 17.8 Å². The van der Waals surface area contributed by atoms with Crippen molar-refractivity contribution in [3.8, 4) is 12.1 Å². The molecule has 0 aliphatic rings. The lowest BCUT2D eigenvalue weighted by Gasteiger charge is -2.06. The molecule has 1 aromatic heterocycles. The summed E-state index contributed by atoms with van der Waals surface area (Å²) in [5.74, 6) is 0.314. The first-order chi connectivity index (χ1) is 8.72. The molecule has 18 heavy (non-hydrogen) atoms. The van der Waals surface area contributed by atoms with Crippen molar-refractivity contribution in [1.29, 1.82) is 10.5 Å². The second-order valence-electron chi connectivity index (χ2n) is 3.61. The first-order valence-electron chi connectivity index (χ1n) is 5.25. The molecule has 0 saturated carbocycles. The molecule has 5 nitrogen and oxygen atoms in total. The zero-order valence-corrected chi connectivity index (χ0v) is 9.68. The van der Waals surface area contributed by atoms with Crippen LogP contribution in [-0.2, 0) is 0 Å². The largest absolute Gasteiger partial charge is 0.323 e. The molecule has 0 amide bonds. The molecule has 0 atom stereocenters. The molecule has 1 N–H and O–H groups in total. The number of hydrogen-bond acceptors (Lipinski definition) is 5. The van der Waals surface area contributed by atoms with Gasteiger partial charge >= 0.3 is 0 Å². The van der Waals surface area contributed by atoms with Gasteiger partial charge in [-0.1, -0.05) is 12.1 Å². The Morgan fingerprint density at radius 1 is 1.11 bits per heavy atom. The number of aromatic nitrogens is 2. The number of nitriles is 2. The van der Waals surface area contributed by atoms with E-state index < -0.39 is 0 Å². The molecule has 0 radical (unpaired) electrons. The lowest BCUT2D eigenvalue weighted by atomic mass is 10.2. The fourth-order valence-electron chi connectivity index (χ4n) is 1.49. The fraction of sp³-hybridized carbons (Fsp3) is 0.0769. The molecule has 86 valence electrons. The van der Waals surface area contributed by atoms with Crippen molar-refractivity contribution >= 4 is 11.6 Å². The zero-order chi connectivity index (χ0) is 13.0. The molecule has 2 aromatic rings. The van der Waals surface area contributed by atoms with Crippen LogP contribution in [0.2, 0.25) is 0 Å². The van der Waals surface area contributed by atoms with E-state index in [0.717, 1.165) is 0 Å². The van der Waals surface area contributed by atoms with E-state index in [4.69, 9.17) is 10.5 Å². The van der Waals surface area contributed by atoms with Crippen LogP contribution < -0.4 is 5.32 Å². The summed E-state index contributed by atoms with van der Waals surface area (Å²) in [6, 6.07) is 12.7. The van der Waals surface area contributed by atoms with Gasteiger partial charge in [0, 0.05) is 5.69 Å². The molecule has 0 unspecified atom stereocenters. The molecular formula is C13H9N5. The van der Waals surface area contributed by atoms with Crippen LogP contribution in [0.4, 0.5) is 11.6 Å². The van der Waals surface area contributed by atoms with Gasteiger partial charge < -0.3 is 5.32 Å². The molecule has 0 bridgehead atoms. The average Bonchev–Trinajstić information content (AvgIpc) is 2.38. The molecule has 1 heterocycles. The van der Waals surface area contributed by atoms with Gasteiger partial charge in [-0.05, 0) is 25.1 Å². The third-order valence-corrected chi connectivity index (χ3v) is 2.26. The first kappa shape index (κ1) is 11.6. The van der Waals surface area contributed by atoms with Gasteiger partial charge in [-0.15, -0.1) is 0 Å². The molecule has 0 spiro atoms. The lowest BCUT2D eigenvalue weighted by molar-refractivity contribution is 1.09. The molecular weight excluding hydrogens is 226 g/mol. The van der Waals surface area contributed by atoms with E-state index in [9.17, 15) is 0 Å². The van der Waals surface area contributed by atoms with Crippen molar-refractivity contribution in [3.63, 3.8) is 0 Å². The minimum Gasteiger partial charge on any atom is -0.323 e. The topological polar surface area (TPSA) is 85.4 Å². The van der Waals surface area contributed by atoms with Crippen molar-refractivity contribution in [2.24, 2.45) is 0 Å². The first-order valence-corrected chi connectivity index (χ1v) is 5.25. The van der Waals surface area contributed by atoms with E-state index in [1.807, 2.05) is 12.1 Å². The Morgan fingerprint density at radius 3 is 2.61 bits per heavy atom. The SMILES string of the molecule is Cc1cc(C#N)nc(Nc2ccccc2C#N)n1. The summed E-state index contributed by atoms with van der Waals surface area (Å²) in [5, 5.41) is 20.7. The van der Waals surface area contributed by atoms with Gasteiger partial charge in [0.15, 0.2) is 0 Å². The molecule has 0 fully saturated rings. The summed E-state index contributed by atoms with van der Waals surface area (Å²) in [6.45, 7) is 1.78. The number of nitrogens with zero attached hydrogens (tertiary/aromatic N) is 4. The monoisotopic (exact) mass is 235 g/mol. The normalized spacial score (nSPS) is 9.28. The van der Waals surface area contributed by atoms with Crippen molar-refractivity contribution < 1.29 is 0 Å². The summed E-state index contributed by atoms with van der Waals surface area (Å²) < 4.78 is 0. The van der Waals surface area contributed by atoms with Crippen LogP contribution in [-0.4, -0.2) is 9.97 Å². The summed E-state index contributed by atoms with van der Waals surface area (Å²) in [6.07, 6.45) is 0. The van der Waals surface area contributed by atoms with Gasteiger partial charge in [-0.25, -0.2) is 9.97 Å². The van der Waals surface area contributed by atoms with Gasteiger partial charge in [-0.3, -0.25) is 0 Å². The van der Waals surface area contributed by atoms with Crippen molar-refractivity contribution in [3.05, 3.63) is 47.3 Å². The number of anilines is 2. The van der Waals surface area contributed by atoms with E-state index in [1.54, 1.807) is 31.2 Å². The lowest BCUT2D eigenvalue weighted by Crippen LogP contribution is -2.01. The molecule has 0 aliphatic heterocycles. The van der Waals surface area contributed by atoms with Crippen LogP contribution in [0.5, 0.6) is 0 Å². The average molecular weight is 235 g/mol. The van der Waals surface area contributed by atoms with Crippen LogP contribution in [0.3, 0.4) is 0 Å². The van der Waals surface area contributed by atoms with Crippen molar-refractivity contribution in [2.75, 3.05) is 5.32 Å². The fourth-order valence-corrected chi connectivity index (χ4v) is 1.49. The van der Waals surface area contributed by atoms with E-state index in [-0.39, 0.29) is 0 Å². The maximum Gasteiger partial charge on any atom is 0.228 e. The molecule has 5 heteroatoms. The Balaban J connectivity index is 2.38. The molecule has 0 aliphatic carbocycles. The predicted molar refractivity (Wildman–Crippen MR) is 65.9 cm³/mol. The second-order valence-corrected chi connectivity index (χ2v) is 3.61. The number of benzene rings is 1. The third-order valence-electron chi connectivity index (χ3n) is 2.26. The Hall–Kier alpha value is -2.92. The number of nitrogens with one attached hydrogen (secondary N) is 1. The summed E-state index contributed by atoms with van der Waals surface area (Å²) >= 11 is 0. The number of hydrogen-bond donors (Lipinski definition) is 1. The van der Waals surface area contributed by atoms with Crippen LogP contribution in [0, 0.1) is 29.6 Å². The minimum atomic E-state index is 0.291. The van der Waals surface area contributed by atoms with E-state index in [2.05, 4.69) is 21.4 Å². The van der Waals surface area contributed by atoms with E-state index in [0.29, 0.717) is 28.6 Å². The summed E-state index contributed by atoms with van der Waals surface area (Å²) in [4.78, 5) is 8.20. The number of aryl methyl sites for hydroxylation is 1. The third kappa shape index (κ3) is 2.42. The van der Waals surface area contributed by atoms with Crippen molar-refractivity contribution in [2.45, 2.75) is 6.92 Å². The Labute approximate surface area is 104 Å². The standard InChI is InChI=1S/C13H9N5/c1-9-6-11(8-15)17-13(16-9)18-12-5-3-2-4-10(12)7-14/h2-6H,1H3,(H,16,17,18). The van der Waals surface area contributed by atoms with Crippen LogP contribution >= 0.6 is 0 Å². The predicted octanol–water partition coefficient (Wildman–Crippen LogP) is 2.27. The van der Waals surface area contributed by atoms with Crippen LogP contribution in [0.15, 0.2) is 30.3 Å². The summed E-state index contributed by atoms with van der Waals surface area (Å²) in [7, 11) is 0. The maximum absolute atomic E-state index is 8.97. The van der Waals surface area contributed by atoms with E-state index >= 15 is 0 Å². The molecule has 0 saturated heterocycles. The quantitative estimate of drug-likeness (QED) is 0.862. The molecule has 2 rings (SSSR count). The van der Waals surface area contributed by atoms with E-state index in [1.165, 1.54) is 0 Å². The Kier molecular flexibility index (Phi) is 3.17. The van der Waals surface area contributed by atoms with Gasteiger partial charge in [-0.2, -0.15) is 10.5 Å². The Bertz CT molecular complexity index is 664. The maximum atomic E-state index is 8.97. The van der Waals surface area contributed by atoms with Crippen LogP contribution in [0.1, 0.15) is 17.0 Å².